The van der Waals surface area contributed by atoms with Crippen LogP contribution < -0.4 is 0 Å². The van der Waals surface area contributed by atoms with E-state index in [0.29, 0.717) is 5.92 Å². The van der Waals surface area contributed by atoms with E-state index in [1.807, 2.05) is 12.1 Å². The zero-order valence-corrected chi connectivity index (χ0v) is 10.3. The number of aromatic nitrogens is 1. The van der Waals surface area contributed by atoms with Crippen molar-refractivity contribution >= 4 is 33.7 Å². The van der Waals surface area contributed by atoms with Crippen molar-refractivity contribution in [3.8, 4) is 0 Å². The smallest absolute Gasteiger partial charge is 0.317 e. The molecule has 1 aromatic heterocycles. The summed E-state index contributed by atoms with van der Waals surface area (Å²) in [5.41, 5.74) is 0. The number of pyridine rings is 1. The third kappa shape index (κ3) is 2.72. The van der Waals surface area contributed by atoms with Gasteiger partial charge in [-0.1, -0.05) is 11.8 Å². The van der Waals surface area contributed by atoms with Crippen molar-refractivity contribution in [3.63, 3.8) is 0 Å². The van der Waals surface area contributed by atoms with Crippen LogP contribution in [0.25, 0.3) is 0 Å². The number of thioether (sulfide) groups is 1. The summed E-state index contributed by atoms with van der Waals surface area (Å²) in [4.78, 5) is 15.2. The summed E-state index contributed by atoms with van der Waals surface area (Å²) in [7, 11) is 0. The standard InChI is InChI=1S/C10H10BrNO2S/c11-7-2-1-5-12-9(7)15-8(10(13)14)6-3-4-6/h1-2,5-6,8H,3-4H2,(H,13,14). The number of aliphatic carboxylic acids is 1. The van der Waals surface area contributed by atoms with Gasteiger partial charge in [0.15, 0.2) is 0 Å². The van der Waals surface area contributed by atoms with Crippen LogP contribution in [0.5, 0.6) is 0 Å². The second-order valence-electron chi connectivity index (χ2n) is 3.50. The molecule has 0 spiro atoms. The minimum atomic E-state index is -0.736. The van der Waals surface area contributed by atoms with Crippen LogP contribution in [0.15, 0.2) is 27.8 Å². The van der Waals surface area contributed by atoms with Crippen LogP contribution in [0.3, 0.4) is 0 Å². The zero-order chi connectivity index (χ0) is 10.8. The van der Waals surface area contributed by atoms with Crippen LogP contribution in [-0.4, -0.2) is 21.3 Å². The molecule has 1 unspecified atom stereocenters. The maximum absolute atomic E-state index is 11.0. The number of nitrogens with zero attached hydrogens (tertiary/aromatic N) is 1. The van der Waals surface area contributed by atoms with Gasteiger partial charge in [-0.3, -0.25) is 4.79 Å². The highest BCUT2D eigenvalue weighted by Gasteiger charge is 2.37. The average molecular weight is 288 g/mol. The van der Waals surface area contributed by atoms with E-state index in [-0.39, 0.29) is 5.25 Å². The Morgan fingerprint density at radius 2 is 2.40 bits per heavy atom. The van der Waals surface area contributed by atoms with E-state index in [4.69, 9.17) is 5.11 Å². The van der Waals surface area contributed by atoms with Gasteiger partial charge in [-0.2, -0.15) is 0 Å². The molecule has 0 aromatic carbocycles. The molecule has 1 aliphatic rings. The Bertz CT molecular complexity index is 381. The number of carbonyl (C=O) groups is 1. The van der Waals surface area contributed by atoms with Crippen molar-refractivity contribution < 1.29 is 9.90 Å². The highest BCUT2D eigenvalue weighted by Crippen LogP contribution is 2.42. The number of carboxylic acid groups (broad SMARTS) is 1. The Hall–Kier alpha value is -0.550. The first kappa shape index (κ1) is 11.0. The van der Waals surface area contributed by atoms with Gasteiger partial charge in [-0.25, -0.2) is 4.98 Å². The number of halogens is 1. The molecule has 0 aliphatic heterocycles. The Kier molecular flexibility index (Phi) is 3.31. The normalized spacial score (nSPS) is 17.4. The number of hydrogen-bond acceptors (Lipinski definition) is 3. The van der Waals surface area contributed by atoms with Crippen LogP contribution in [-0.2, 0) is 4.79 Å². The summed E-state index contributed by atoms with van der Waals surface area (Å²) in [6, 6.07) is 3.70. The third-order valence-corrected chi connectivity index (χ3v) is 4.55. The van der Waals surface area contributed by atoms with Crippen LogP contribution >= 0.6 is 27.7 Å². The molecule has 1 heterocycles. The fourth-order valence-electron chi connectivity index (χ4n) is 1.33. The third-order valence-electron chi connectivity index (χ3n) is 2.26. The van der Waals surface area contributed by atoms with Crippen molar-refractivity contribution in [1.29, 1.82) is 0 Å². The molecule has 5 heteroatoms. The van der Waals surface area contributed by atoms with E-state index in [1.165, 1.54) is 11.8 Å². The minimum Gasteiger partial charge on any atom is -0.480 e. The molecule has 1 aromatic rings. The largest absolute Gasteiger partial charge is 0.480 e. The van der Waals surface area contributed by atoms with Gasteiger partial charge in [0.05, 0.1) is 0 Å². The van der Waals surface area contributed by atoms with E-state index in [0.717, 1.165) is 22.3 Å². The molecular formula is C10H10BrNO2S. The zero-order valence-electron chi connectivity index (χ0n) is 7.89. The number of carboxylic acids is 1. The van der Waals surface area contributed by atoms with Crippen molar-refractivity contribution in [1.82, 2.24) is 4.98 Å². The molecule has 1 atom stereocenters. The molecule has 0 radical (unpaired) electrons. The van der Waals surface area contributed by atoms with E-state index in [1.54, 1.807) is 6.20 Å². The summed E-state index contributed by atoms with van der Waals surface area (Å²) in [5, 5.41) is 9.48. The molecule has 0 amide bonds. The average Bonchev–Trinajstić information content (AvgIpc) is 2.99. The lowest BCUT2D eigenvalue weighted by Crippen LogP contribution is -2.18. The maximum Gasteiger partial charge on any atom is 0.317 e. The molecule has 15 heavy (non-hydrogen) atoms. The van der Waals surface area contributed by atoms with Crippen molar-refractivity contribution in [2.24, 2.45) is 5.92 Å². The van der Waals surface area contributed by atoms with Crippen LogP contribution in [0.2, 0.25) is 0 Å². The minimum absolute atomic E-state index is 0.321. The lowest BCUT2D eigenvalue weighted by Gasteiger charge is -2.10. The summed E-state index contributed by atoms with van der Waals surface area (Å²) < 4.78 is 0.863. The second kappa shape index (κ2) is 4.53. The molecular weight excluding hydrogens is 278 g/mol. The van der Waals surface area contributed by atoms with E-state index >= 15 is 0 Å². The number of rotatable bonds is 4. The molecule has 0 saturated heterocycles. The van der Waals surface area contributed by atoms with Crippen LogP contribution in [0.4, 0.5) is 0 Å². The lowest BCUT2D eigenvalue weighted by atomic mass is 10.3. The highest BCUT2D eigenvalue weighted by molar-refractivity contribution is 9.10. The van der Waals surface area contributed by atoms with Gasteiger partial charge in [-0.15, -0.1) is 0 Å². The van der Waals surface area contributed by atoms with Gasteiger partial charge in [0.2, 0.25) is 0 Å². The SMILES string of the molecule is O=C(O)C(Sc1ncccc1Br)C1CC1. The van der Waals surface area contributed by atoms with Crippen molar-refractivity contribution in [3.05, 3.63) is 22.8 Å². The van der Waals surface area contributed by atoms with Gasteiger partial charge >= 0.3 is 5.97 Å². The predicted molar refractivity (Wildman–Crippen MR) is 61.9 cm³/mol. The van der Waals surface area contributed by atoms with E-state index in [9.17, 15) is 4.79 Å². The molecule has 3 nitrogen and oxygen atoms in total. The molecule has 1 fully saturated rings. The van der Waals surface area contributed by atoms with Gasteiger partial charge in [0.1, 0.15) is 10.3 Å². The second-order valence-corrected chi connectivity index (χ2v) is 5.49. The van der Waals surface area contributed by atoms with E-state index in [2.05, 4.69) is 20.9 Å². The van der Waals surface area contributed by atoms with Gasteiger partial charge < -0.3 is 5.11 Å². The lowest BCUT2D eigenvalue weighted by molar-refractivity contribution is -0.136. The first-order valence-electron chi connectivity index (χ1n) is 4.68. The van der Waals surface area contributed by atoms with Crippen molar-refractivity contribution in [2.45, 2.75) is 23.1 Å². The Morgan fingerprint density at radius 3 is 2.93 bits per heavy atom. The molecule has 2 rings (SSSR count). The molecule has 1 aliphatic carbocycles. The fourth-order valence-corrected chi connectivity index (χ4v) is 2.97. The highest BCUT2D eigenvalue weighted by atomic mass is 79.9. The molecule has 1 saturated carbocycles. The quantitative estimate of drug-likeness (QED) is 0.866. The predicted octanol–water partition coefficient (Wildman–Crippen LogP) is 2.80. The molecule has 0 bridgehead atoms. The van der Waals surface area contributed by atoms with Crippen LogP contribution in [0.1, 0.15) is 12.8 Å². The van der Waals surface area contributed by atoms with E-state index < -0.39 is 5.97 Å². The monoisotopic (exact) mass is 287 g/mol. The molecule has 80 valence electrons. The maximum atomic E-state index is 11.0. The summed E-state index contributed by atoms with van der Waals surface area (Å²) in [6.45, 7) is 0. The summed E-state index contributed by atoms with van der Waals surface area (Å²) in [5.74, 6) is -0.415. The Morgan fingerprint density at radius 1 is 1.67 bits per heavy atom. The Balaban J connectivity index is 2.12. The first-order chi connectivity index (χ1) is 7.18. The Labute approximate surface area is 100 Å². The van der Waals surface area contributed by atoms with Crippen LogP contribution in [0, 0.1) is 5.92 Å². The van der Waals surface area contributed by atoms with Gasteiger partial charge in [0.25, 0.3) is 0 Å². The van der Waals surface area contributed by atoms with Gasteiger partial charge in [-0.05, 0) is 46.8 Å². The summed E-state index contributed by atoms with van der Waals surface area (Å²) >= 11 is 4.70. The fraction of sp³-hybridized carbons (Fsp3) is 0.400. The summed E-state index contributed by atoms with van der Waals surface area (Å²) in [6.07, 6.45) is 3.72. The number of hydrogen-bond donors (Lipinski definition) is 1. The topological polar surface area (TPSA) is 50.2 Å². The first-order valence-corrected chi connectivity index (χ1v) is 6.35. The van der Waals surface area contributed by atoms with Crippen molar-refractivity contribution in [2.75, 3.05) is 0 Å². The molecule has 1 N–H and O–H groups in total. The van der Waals surface area contributed by atoms with Gasteiger partial charge in [0, 0.05) is 10.7 Å².